The summed E-state index contributed by atoms with van der Waals surface area (Å²) >= 11 is 6.09. The second-order valence-corrected chi connectivity index (χ2v) is 7.46. The predicted octanol–water partition coefficient (Wildman–Crippen LogP) is 1.71. The fraction of sp³-hybridized carbons (Fsp3) is 0.500. The first kappa shape index (κ1) is 26.8. The summed E-state index contributed by atoms with van der Waals surface area (Å²) in [6, 6.07) is 3.34. The maximum Gasteiger partial charge on any atom is 0.303 e. The zero-order valence-corrected chi connectivity index (χ0v) is 19.3. The van der Waals surface area contributed by atoms with E-state index in [0.717, 1.165) is 39.8 Å². The Hall–Kier alpha value is -3.45. The molecule has 1 heterocycles. The Morgan fingerprint density at radius 3 is 2.00 bits per heavy atom. The number of halogens is 1. The molecular formula is C20H22ClNO12. The van der Waals surface area contributed by atoms with Crippen molar-refractivity contribution in [2.24, 2.45) is 0 Å². The van der Waals surface area contributed by atoms with Gasteiger partial charge in [-0.2, -0.15) is 0 Å². The Bertz CT molecular complexity index is 967. The topological polar surface area (TPSA) is 167 Å². The number of non-ortho nitro benzene ring substituents is 1. The molecule has 5 atom stereocenters. The fourth-order valence-corrected chi connectivity index (χ4v) is 3.33. The molecule has 0 saturated carbocycles. The number of carbonyl (C=O) groups is 4. The van der Waals surface area contributed by atoms with Gasteiger partial charge in [-0.15, -0.1) is 0 Å². The molecule has 1 aromatic carbocycles. The molecule has 1 aromatic rings. The van der Waals surface area contributed by atoms with E-state index >= 15 is 0 Å². The summed E-state index contributed by atoms with van der Waals surface area (Å²) in [4.78, 5) is 57.0. The lowest BCUT2D eigenvalue weighted by molar-refractivity contribution is -0.384. The normalized spacial score (nSPS) is 23.9. The second kappa shape index (κ2) is 11.6. The van der Waals surface area contributed by atoms with Crippen LogP contribution in [0.4, 0.5) is 5.69 Å². The van der Waals surface area contributed by atoms with Crippen molar-refractivity contribution in [1.82, 2.24) is 0 Å². The van der Waals surface area contributed by atoms with Gasteiger partial charge in [-0.25, -0.2) is 0 Å². The van der Waals surface area contributed by atoms with E-state index in [0.29, 0.717) is 0 Å². The van der Waals surface area contributed by atoms with Crippen LogP contribution < -0.4 is 4.74 Å². The van der Waals surface area contributed by atoms with Crippen molar-refractivity contribution in [3.8, 4) is 5.75 Å². The first-order chi connectivity index (χ1) is 15.9. The predicted molar refractivity (Wildman–Crippen MR) is 111 cm³/mol. The molecule has 0 aliphatic carbocycles. The molecule has 1 aliphatic heterocycles. The lowest BCUT2D eigenvalue weighted by Crippen LogP contribution is -2.63. The number of ether oxygens (including phenoxy) is 6. The standard InChI is InChI=1S/C20H22ClNO12/c1-9(23)29-8-16-17(30-10(2)24)18(31-11(3)25)19(32-12(4)26)20(34-16)33-15-6-5-13(22(27)28)7-14(15)21/h5-7,16-20H,8H2,1-4H3/t16-,17-,18+,19-,20-/m1/s1. The number of benzene rings is 1. The van der Waals surface area contributed by atoms with Gasteiger partial charge in [-0.1, -0.05) is 11.6 Å². The van der Waals surface area contributed by atoms with Gasteiger partial charge in [0.25, 0.3) is 5.69 Å². The van der Waals surface area contributed by atoms with E-state index in [2.05, 4.69) is 0 Å². The lowest BCUT2D eigenvalue weighted by atomic mass is 9.98. The monoisotopic (exact) mass is 503 g/mol. The fourth-order valence-electron chi connectivity index (χ4n) is 3.11. The second-order valence-electron chi connectivity index (χ2n) is 7.06. The molecule has 0 spiro atoms. The third-order valence-electron chi connectivity index (χ3n) is 4.32. The molecule has 1 saturated heterocycles. The van der Waals surface area contributed by atoms with Crippen LogP contribution in [0.25, 0.3) is 0 Å². The van der Waals surface area contributed by atoms with E-state index in [-0.39, 0.29) is 16.5 Å². The molecule has 0 aromatic heterocycles. The maximum atomic E-state index is 11.8. The van der Waals surface area contributed by atoms with Gasteiger partial charge in [-0.05, 0) is 6.07 Å². The number of carbonyl (C=O) groups excluding carboxylic acids is 4. The van der Waals surface area contributed by atoms with Crippen LogP contribution in [0.15, 0.2) is 18.2 Å². The third-order valence-corrected chi connectivity index (χ3v) is 4.61. The Balaban J connectivity index is 2.49. The molecule has 1 aliphatic rings. The van der Waals surface area contributed by atoms with Crippen LogP contribution in [-0.4, -0.2) is 66.1 Å². The minimum Gasteiger partial charge on any atom is -0.463 e. The molecule has 0 unspecified atom stereocenters. The average Bonchev–Trinajstić information content (AvgIpc) is 2.71. The highest BCUT2D eigenvalue weighted by Gasteiger charge is 2.53. The highest BCUT2D eigenvalue weighted by atomic mass is 35.5. The lowest BCUT2D eigenvalue weighted by Gasteiger charge is -2.43. The van der Waals surface area contributed by atoms with Crippen LogP contribution >= 0.6 is 11.6 Å². The molecule has 34 heavy (non-hydrogen) atoms. The highest BCUT2D eigenvalue weighted by molar-refractivity contribution is 6.32. The SMILES string of the molecule is CC(=O)OC[C@H]1O[C@@H](Oc2ccc([N+](=O)[O-])cc2Cl)[C@H](OC(C)=O)[C@@H](OC(C)=O)[C@@H]1OC(C)=O. The van der Waals surface area contributed by atoms with Crippen molar-refractivity contribution in [2.75, 3.05) is 6.61 Å². The minimum absolute atomic E-state index is 0.0897. The van der Waals surface area contributed by atoms with Crippen molar-refractivity contribution in [1.29, 1.82) is 0 Å². The van der Waals surface area contributed by atoms with Crippen LogP contribution in [-0.2, 0) is 42.9 Å². The summed E-state index contributed by atoms with van der Waals surface area (Å²) in [6.07, 6.45) is -6.98. The molecule has 0 radical (unpaired) electrons. The molecule has 0 bridgehead atoms. The van der Waals surface area contributed by atoms with Crippen molar-refractivity contribution in [3.63, 3.8) is 0 Å². The minimum atomic E-state index is -1.51. The molecule has 186 valence electrons. The van der Waals surface area contributed by atoms with Gasteiger partial charge >= 0.3 is 23.9 Å². The van der Waals surface area contributed by atoms with E-state index in [4.69, 9.17) is 40.0 Å². The quantitative estimate of drug-likeness (QED) is 0.218. The van der Waals surface area contributed by atoms with Gasteiger partial charge in [0.15, 0.2) is 12.2 Å². The third kappa shape index (κ3) is 7.28. The van der Waals surface area contributed by atoms with Gasteiger partial charge in [0.05, 0.1) is 9.95 Å². The van der Waals surface area contributed by atoms with Crippen LogP contribution in [0, 0.1) is 10.1 Å². The number of nitro groups is 1. The molecule has 2 rings (SSSR count). The van der Waals surface area contributed by atoms with Crippen molar-refractivity contribution >= 4 is 41.2 Å². The number of esters is 4. The summed E-state index contributed by atoms with van der Waals surface area (Å²) in [7, 11) is 0. The zero-order valence-electron chi connectivity index (χ0n) is 18.6. The smallest absolute Gasteiger partial charge is 0.303 e. The zero-order chi connectivity index (χ0) is 25.6. The van der Waals surface area contributed by atoms with Crippen LogP contribution in [0.5, 0.6) is 5.75 Å². The Kier molecular flexibility index (Phi) is 9.15. The highest BCUT2D eigenvalue weighted by Crippen LogP contribution is 2.34. The van der Waals surface area contributed by atoms with Crippen LogP contribution in [0.1, 0.15) is 27.7 Å². The summed E-state index contributed by atoms with van der Waals surface area (Å²) < 4.78 is 32.2. The number of hydrogen-bond donors (Lipinski definition) is 0. The van der Waals surface area contributed by atoms with Crippen molar-refractivity contribution in [2.45, 2.75) is 58.4 Å². The van der Waals surface area contributed by atoms with Gasteiger partial charge in [0.1, 0.15) is 18.5 Å². The summed E-state index contributed by atoms with van der Waals surface area (Å²) in [5.41, 5.74) is -0.307. The van der Waals surface area contributed by atoms with Crippen molar-refractivity contribution in [3.05, 3.63) is 33.3 Å². The Morgan fingerprint density at radius 1 is 0.941 bits per heavy atom. The molecular weight excluding hydrogens is 482 g/mol. The maximum absolute atomic E-state index is 11.8. The Morgan fingerprint density at radius 2 is 1.50 bits per heavy atom. The first-order valence-electron chi connectivity index (χ1n) is 9.80. The van der Waals surface area contributed by atoms with Gasteiger partial charge in [0, 0.05) is 39.8 Å². The summed E-state index contributed by atoms with van der Waals surface area (Å²) in [5, 5.41) is 10.8. The number of nitrogens with zero attached hydrogens (tertiary/aromatic N) is 1. The van der Waals surface area contributed by atoms with E-state index in [1.165, 1.54) is 6.07 Å². The molecule has 13 nitrogen and oxygen atoms in total. The van der Waals surface area contributed by atoms with E-state index in [1.54, 1.807) is 0 Å². The van der Waals surface area contributed by atoms with Gasteiger partial charge in [0.2, 0.25) is 12.4 Å². The van der Waals surface area contributed by atoms with Crippen molar-refractivity contribution < 1.29 is 52.5 Å². The van der Waals surface area contributed by atoms with E-state index in [9.17, 15) is 29.3 Å². The number of hydrogen-bond acceptors (Lipinski definition) is 12. The Labute approximate surface area is 198 Å². The van der Waals surface area contributed by atoms with Crippen LogP contribution in [0.2, 0.25) is 5.02 Å². The molecule has 14 heteroatoms. The van der Waals surface area contributed by atoms with E-state index < -0.39 is 66.1 Å². The van der Waals surface area contributed by atoms with Gasteiger partial charge < -0.3 is 28.4 Å². The summed E-state index contributed by atoms with van der Waals surface area (Å²) in [5.74, 6) is -3.16. The molecule has 0 amide bonds. The first-order valence-corrected chi connectivity index (χ1v) is 10.2. The van der Waals surface area contributed by atoms with E-state index in [1.807, 2.05) is 0 Å². The number of nitro benzene ring substituents is 1. The summed E-state index contributed by atoms with van der Waals surface area (Å²) in [6.45, 7) is 3.95. The van der Waals surface area contributed by atoms with Gasteiger partial charge in [-0.3, -0.25) is 29.3 Å². The average molecular weight is 504 g/mol. The molecule has 1 fully saturated rings. The molecule has 0 N–H and O–H groups in total. The van der Waals surface area contributed by atoms with Crippen LogP contribution in [0.3, 0.4) is 0 Å². The largest absolute Gasteiger partial charge is 0.463 e. The number of rotatable bonds is 8.